The highest BCUT2D eigenvalue weighted by Crippen LogP contribution is 2.33. The van der Waals surface area contributed by atoms with Crippen LogP contribution in [0.25, 0.3) is 0 Å². The fraction of sp³-hybridized carbons (Fsp3) is 0.733. The molecule has 0 aromatic carbocycles. The lowest BCUT2D eigenvalue weighted by atomic mass is 9.91. The number of carbonyl (C=O) groups excluding carboxylic acids is 1. The molecule has 0 atom stereocenters. The van der Waals surface area contributed by atoms with Crippen molar-refractivity contribution in [3.8, 4) is 0 Å². The van der Waals surface area contributed by atoms with Gasteiger partial charge in [0.1, 0.15) is 5.60 Å². The molecule has 1 aromatic heterocycles. The van der Waals surface area contributed by atoms with Crippen LogP contribution < -0.4 is 0 Å². The number of nitrogens with zero attached hydrogens (tertiary/aromatic N) is 3. The SMILES string of the molecule is CCc1nc(C)sc1CN1CCC2(CC1)CN(C)C(=O)O2. The predicted octanol–water partition coefficient (Wildman–Crippen LogP) is 2.43. The van der Waals surface area contributed by atoms with E-state index in [1.54, 1.807) is 4.90 Å². The van der Waals surface area contributed by atoms with Crippen LogP contribution in [0, 0.1) is 6.92 Å². The van der Waals surface area contributed by atoms with Crippen LogP contribution in [-0.2, 0) is 17.7 Å². The van der Waals surface area contributed by atoms with Crippen LogP contribution in [0.15, 0.2) is 0 Å². The molecule has 2 saturated heterocycles. The second-order valence-electron chi connectivity index (χ2n) is 6.14. The van der Waals surface area contributed by atoms with Gasteiger partial charge in [-0.05, 0) is 13.3 Å². The molecule has 1 amide bonds. The van der Waals surface area contributed by atoms with E-state index < -0.39 is 0 Å². The van der Waals surface area contributed by atoms with E-state index in [2.05, 4.69) is 23.7 Å². The van der Waals surface area contributed by atoms with E-state index in [0.717, 1.165) is 50.4 Å². The summed E-state index contributed by atoms with van der Waals surface area (Å²) in [5.41, 5.74) is 1.00. The summed E-state index contributed by atoms with van der Waals surface area (Å²) >= 11 is 1.81. The minimum absolute atomic E-state index is 0.171. The molecule has 2 fully saturated rings. The maximum atomic E-state index is 11.6. The van der Waals surface area contributed by atoms with Crippen LogP contribution in [0.5, 0.6) is 0 Å². The zero-order valence-electron chi connectivity index (χ0n) is 13.0. The second kappa shape index (κ2) is 5.57. The monoisotopic (exact) mass is 309 g/mol. The average molecular weight is 309 g/mol. The van der Waals surface area contributed by atoms with Crippen molar-refractivity contribution in [3.63, 3.8) is 0 Å². The van der Waals surface area contributed by atoms with Gasteiger partial charge in [0.05, 0.1) is 17.2 Å². The molecule has 0 radical (unpaired) electrons. The number of hydrogen-bond donors (Lipinski definition) is 0. The number of ether oxygens (including phenoxy) is 1. The molecule has 5 nitrogen and oxygen atoms in total. The minimum Gasteiger partial charge on any atom is -0.441 e. The van der Waals surface area contributed by atoms with Gasteiger partial charge >= 0.3 is 6.09 Å². The Hall–Kier alpha value is -1.14. The topological polar surface area (TPSA) is 45.7 Å². The molecule has 0 bridgehead atoms. The summed E-state index contributed by atoms with van der Waals surface area (Å²) in [7, 11) is 1.82. The molecule has 2 aliphatic rings. The molecule has 21 heavy (non-hydrogen) atoms. The highest BCUT2D eigenvalue weighted by atomic mass is 32.1. The quantitative estimate of drug-likeness (QED) is 0.860. The highest BCUT2D eigenvalue weighted by molar-refractivity contribution is 7.11. The van der Waals surface area contributed by atoms with Gasteiger partial charge in [-0.1, -0.05) is 6.92 Å². The summed E-state index contributed by atoms with van der Waals surface area (Å²) in [5, 5.41) is 1.15. The van der Waals surface area contributed by atoms with Gasteiger partial charge in [-0.25, -0.2) is 9.78 Å². The third kappa shape index (κ3) is 2.92. The van der Waals surface area contributed by atoms with Crippen molar-refractivity contribution in [2.45, 2.75) is 45.3 Å². The maximum Gasteiger partial charge on any atom is 0.410 e. The molecule has 0 saturated carbocycles. The first-order valence-corrected chi connectivity index (χ1v) is 8.44. The summed E-state index contributed by atoms with van der Waals surface area (Å²) in [6.45, 7) is 7.93. The van der Waals surface area contributed by atoms with Crippen molar-refractivity contribution in [1.82, 2.24) is 14.8 Å². The summed E-state index contributed by atoms with van der Waals surface area (Å²) in [5.74, 6) is 0. The molecule has 2 aliphatic heterocycles. The van der Waals surface area contributed by atoms with Gasteiger partial charge in [-0.15, -0.1) is 11.3 Å². The van der Waals surface area contributed by atoms with E-state index in [1.807, 2.05) is 18.4 Å². The number of aryl methyl sites for hydroxylation is 2. The molecule has 1 aromatic rings. The second-order valence-corrected chi connectivity index (χ2v) is 7.43. The Morgan fingerprint density at radius 1 is 1.38 bits per heavy atom. The molecule has 116 valence electrons. The zero-order chi connectivity index (χ0) is 15.0. The number of piperidine rings is 1. The zero-order valence-corrected chi connectivity index (χ0v) is 13.8. The van der Waals surface area contributed by atoms with E-state index in [4.69, 9.17) is 4.74 Å². The molecule has 3 rings (SSSR count). The first kappa shape index (κ1) is 14.8. The van der Waals surface area contributed by atoms with Crippen molar-refractivity contribution < 1.29 is 9.53 Å². The summed E-state index contributed by atoms with van der Waals surface area (Å²) in [4.78, 5) is 21.7. The number of likely N-dealkylation sites (N-methyl/N-ethyl adjacent to an activating group) is 1. The molecule has 0 aliphatic carbocycles. The van der Waals surface area contributed by atoms with Crippen molar-refractivity contribution >= 4 is 17.4 Å². The summed E-state index contributed by atoms with van der Waals surface area (Å²) < 4.78 is 5.60. The third-order valence-corrected chi connectivity index (χ3v) is 5.49. The van der Waals surface area contributed by atoms with E-state index in [0.29, 0.717) is 0 Å². The largest absolute Gasteiger partial charge is 0.441 e. The smallest absolute Gasteiger partial charge is 0.410 e. The first-order chi connectivity index (χ1) is 10.0. The summed E-state index contributed by atoms with van der Waals surface area (Å²) in [6.07, 6.45) is 2.69. The van der Waals surface area contributed by atoms with Gasteiger partial charge in [-0.3, -0.25) is 4.90 Å². The van der Waals surface area contributed by atoms with E-state index in [9.17, 15) is 4.79 Å². The van der Waals surface area contributed by atoms with Crippen molar-refractivity contribution in [2.75, 3.05) is 26.7 Å². The lowest BCUT2D eigenvalue weighted by molar-refractivity contribution is -0.00102. The van der Waals surface area contributed by atoms with Gasteiger partial charge in [0.2, 0.25) is 0 Å². The first-order valence-electron chi connectivity index (χ1n) is 7.63. The number of thiazole rings is 1. The molecular weight excluding hydrogens is 286 g/mol. The van der Waals surface area contributed by atoms with Crippen LogP contribution in [-0.4, -0.2) is 53.2 Å². The highest BCUT2D eigenvalue weighted by Gasteiger charge is 2.45. The van der Waals surface area contributed by atoms with Gasteiger partial charge < -0.3 is 9.64 Å². The van der Waals surface area contributed by atoms with Gasteiger partial charge in [-0.2, -0.15) is 0 Å². The molecular formula is C15H23N3O2S. The average Bonchev–Trinajstić information content (AvgIpc) is 2.93. The molecule has 0 unspecified atom stereocenters. The van der Waals surface area contributed by atoms with Crippen LogP contribution in [0.3, 0.4) is 0 Å². The normalized spacial score (nSPS) is 22.0. The van der Waals surface area contributed by atoms with Crippen LogP contribution in [0.4, 0.5) is 4.79 Å². The Balaban J connectivity index is 1.60. The Bertz CT molecular complexity index is 535. The number of aromatic nitrogens is 1. The molecule has 6 heteroatoms. The Labute approximate surface area is 129 Å². The van der Waals surface area contributed by atoms with Crippen molar-refractivity contribution in [2.24, 2.45) is 0 Å². The van der Waals surface area contributed by atoms with Gasteiger partial charge in [0, 0.05) is 44.4 Å². The number of rotatable bonds is 3. The van der Waals surface area contributed by atoms with E-state index in [1.165, 1.54) is 10.6 Å². The standard InChI is InChI=1S/C15H23N3O2S/c1-4-12-13(21-11(2)16-12)9-18-7-5-15(6-8-18)10-17(3)14(19)20-15/h4-10H2,1-3H3. The minimum atomic E-state index is -0.237. The molecule has 0 N–H and O–H groups in total. The number of hydrogen-bond acceptors (Lipinski definition) is 5. The lowest BCUT2D eigenvalue weighted by Gasteiger charge is -2.37. The molecule has 3 heterocycles. The Kier molecular flexibility index (Phi) is 3.92. The fourth-order valence-electron chi connectivity index (χ4n) is 3.29. The fourth-order valence-corrected chi connectivity index (χ4v) is 4.35. The van der Waals surface area contributed by atoms with E-state index in [-0.39, 0.29) is 11.7 Å². The van der Waals surface area contributed by atoms with Gasteiger partial charge in [0.15, 0.2) is 0 Å². The van der Waals surface area contributed by atoms with Crippen molar-refractivity contribution in [1.29, 1.82) is 0 Å². The number of likely N-dealkylation sites (tertiary alicyclic amines) is 1. The molecule has 1 spiro atoms. The Morgan fingerprint density at radius 2 is 2.10 bits per heavy atom. The number of carbonyl (C=O) groups is 1. The van der Waals surface area contributed by atoms with Crippen LogP contribution >= 0.6 is 11.3 Å². The van der Waals surface area contributed by atoms with Gasteiger partial charge in [0.25, 0.3) is 0 Å². The summed E-state index contributed by atoms with van der Waals surface area (Å²) in [6, 6.07) is 0. The van der Waals surface area contributed by atoms with E-state index >= 15 is 0 Å². The maximum absolute atomic E-state index is 11.6. The van der Waals surface area contributed by atoms with Crippen LogP contribution in [0.1, 0.15) is 35.3 Å². The van der Waals surface area contributed by atoms with Crippen molar-refractivity contribution in [3.05, 3.63) is 15.6 Å². The lowest BCUT2D eigenvalue weighted by Crippen LogP contribution is -2.46. The number of amides is 1. The Morgan fingerprint density at radius 3 is 2.67 bits per heavy atom. The van der Waals surface area contributed by atoms with Crippen LogP contribution in [0.2, 0.25) is 0 Å². The predicted molar refractivity (Wildman–Crippen MR) is 82.6 cm³/mol. The third-order valence-electron chi connectivity index (χ3n) is 4.50.